The van der Waals surface area contributed by atoms with E-state index in [1.165, 1.54) is 22.3 Å². The molecule has 1 heterocycles. The standard InChI is InChI=1S/C25H23ClN2O/c1-18-14-22(26)8-11-24(18)21-5-3-4-20(15-21)17-29-23-9-6-19(7-10-23)16-25-27-12-13-28(25)2/h3-15H,16-17H2,1-2H3. The highest BCUT2D eigenvalue weighted by Gasteiger charge is 2.05. The molecule has 1 aromatic heterocycles. The Bertz CT molecular complexity index is 1120. The number of benzene rings is 3. The van der Waals surface area contributed by atoms with Crippen molar-refractivity contribution in [3.8, 4) is 16.9 Å². The lowest BCUT2D eigenvalue weighted by Crippen LogP contribution is -1.99. The molecule has 0 bridgehead atoms. The van der Waals surface area contributed by atoms with E-state index in [-0.39, 0.29) is 0 Å². The van der Waals surface area contributed by atoms with Crippen LogP contribution < -0.4 is 4.74 Å². The minimum atomic E-state index is 0.527. The zero-order valence-corrected chi connectivity index (χ0v) is 17.4. The predicted molar refractivity (Wildman–Crippen MR) is 118 cm³/mol. The van der Waals surface area contributed by atoms with Gasteiger partial charge in [0.15, 0.2) is 0 Å². The quantitative estimate of drug-likeness (QED) is 0.383. The molecule has 146 valence electrons. The second kappa shape index (κ2) is 8.54. The van der Waals surface area contributed by atoms with Gasteiger partial charge in [-0.1, -0.05) is 48.0 Å². The molecule has 0 radical (unpaired) electrons. The fourth-order valence-corrected chi connectivity index (χ4v) is 3.63. The first-order valence-electron chi connectivity index (χ1n) is 9.62. The van der Waals surface area contributed by atoms with Crippen LogP contribution in [0.5, 0.6) is 5.75 Å². The van der Waals surface area contributed by atoms with Gasteiger partial charge < -0.3 is 9.30 Å². The van der Waals surface area contributed by atoms with Gasteiger partial charge in [-0.25, -0.2) is 4.98 Å². The lowest BCUT2D eigenvalue weighted by molar-refractivity contribution is 0.306. The van der Waals surface area contributed by atoms with Crippen LogP contribution in [0.3, 0.4) is 0 Å². The van der Waals surface area contributed by atoms with Gasteiger partial charge in [0.2, 0.25) is 0 Å². The Hall–Kier alpha value is -3.04. The summed E-state index contributed by atoms with van der Waals surface area (Å²) < 4.78 is 8.05. The molecule has 0 saturated carbocycles. The van der Waals surface area contributed by atoms with E-state index in [9.17, 15) is 0 Å². The molecular weight excluding hydrogens is 380 g/mol. The van der Waals surface area contributed by atoms with Crippen LogP contribution in [-0.4, -0.2) is 9.55 Å². The van der Waals surface area contributed by atoms with Gasteiger partial charge in [-0.2, -0.15) is 0 Å². The molecule has 4 rings (SSSR count). The van der Waals surface area contributed by atoms with Crippen LogP contribution >= 0.6 is 11.6 Å². The van der Waals surface area contributed by atoms with Gasteiger partial charge in [0, 0.05) is 30.9 Å². The van der Waals surface area contributed by atoms with Crippen LogP contribution in [-0.2, 0) is 20.1 Å². The van der Waals surface area contributed by atoms with E-state index in [0.29, 0.717) is 6.61 Å². The maximum absolute atomic E-state index is 6.09. The number of hydrogen-bond acceptors (Lipinski definition) is 2. The molecule has 0 amide bonds. The third kappa shape index (κ3) is 4.69. The van der Waals surface area contributed by atoms with Crippen LogP contribution in [0.4, 0.5) is 0 Å². The Morgan fingerprint density at radius 3 is 2.52 bits per heavy atom. The molecule has 0 aliphatic rings. The lowest BCUT2D eigenvalue weighted by atomic mass is 9.99. The van der Waals surface area contributed by atoms with Crippen LogP contribution in [0.25, 0.3) is 11.1 Å². The van der Waals surface area contributed by atoms with E-state index >= 15 is 0 Å². The van der Waals surface area contributed by atoms with Crippen LogP contribution in [0.1, 0.15) is 22.5 Å². The van der Waals surface area contributed by atoms with Crippen molar-refractivity contribution in [1.29, 1.82) is 0 Å². The largest absolute Gasteiger partial charge is 0.489 e. The van der Waals surface area contributed by atoms with Crippen LogP contribution in [0, 0.1) is 6.92 Å². The summed E-state index contributed by atoms with van der Waals surface area (Å²) in [6.07, 6.45) is 4.60. The Kier molecular flexibility index (Phi) is 5.68. The Morgan fingerprint density at radius 1 is 0.966 bits per heavy atom. The van der Waals surface area contributed by atoms with Gasteiger partial charge in [-0.05, 0) is 65.1 Å². The SMILES string of the molecule is Cc1cc(Cl)ccc1-c1cccc(COc2ccc(Cc3nccn3C)cc2)c1. The van der Waals surface area contributed by atoms with Crippen molar-refractivity contribution in [1.82, 2.24) is 9.55 Å². The van der Waals surface area contributed by atoms with Gasteiger partial charge in [0.05, 0.1) is 0 Å². The van der Waals surface area contributed by atoms with E-state index in [1.54, 1.807) is 0 Å². The van der Waals surface area contributed by atoms with Gasteiger partial charge in [-0.15, -0.1) is 0 Å². The molecule has 0 N–H and O–H groups in total. The summed E-state index contributed by atoms with van der Waals surface area (Å²) >= 11 is 6.09. The number of ether oxygens (including phenoxy) is 1. The van der Waals surface area contributed by atoms with Gasteiger partial charge in [0.1, 0.15) is 18.2 Å². The minimum Gasteiger partial charge on any atom is -0.489 e. The smallest absolute Gasteiger partial charge is 0.119 e. The highest BCUT2D eigenvalue weighted by Crippen LogP contribution is 2.27. The molecule has 0 saturated heterocycles. The number of nitrogens with zero attached hydrogens (tertiary/aromatic N) is 2. The molecule has 0 spiro atoms. The van der Waals surface area contributed by atoms with Crippen molar-refractivity contribution in [3.63, 3.8) is 0 Å². The molecule has 0 atom stereocenters. The normalized spacial score (nSPS) is 10.9. The Balaban J connectivity index is 1.42. The lowest BCUT2D eigenvalue weighted by Gasteiger charge is -2.11. The molecule has 0 aliphatic heterocycles. The summed E-state index contributed by atoms with van der Waals surface area (Å²) in [5, 5.41) is 0.761. The average Bonchev–Trinajstić information content (AvgIpc) is 3.12. The number of hydrogen-bond donors (Lipinski definition) is 0. The van der Waals surface area contributed by atoms with Crippen molar-refractivity contribution >= 4 is 11.6 Å². The summed E-state index contributed by atoms with van der Waals surface area (Å²) in [5.74, 6) is 1.91. The van der Waals surface area contributed by atoms with Gasteiger partial charge >= 0.3 is 0 Å². The van der Waals surface area contributed by atoms with Gasteiger partial charge in [-0.3, -0.25) is 0 Å². The summed E-state index contributed by atoms with van der Waals surface area (Å²) in [5.41, 5.74) is 5.88. The zero-order chi connectivity index (χ0) is 20.2. The Labute approximate surface area is 176 Å². The molecule has 3 nitrogen and oxygen atoms in total. The first kappa shape index (κ1) is 19.3. The second-order valence-electron chi connectivity index (χ2n) is 7.22. The van der Waals surface area contributed by atoms with E-state index in [2.05, 4.69) is 54.4 Å². The van der Waals surface area contributed by atoms with E-state index in [1.807, 2.05) is 48.3 Å². The molecule has 0 fully saturated rings. The van der Waals surface area contributed by atoms with Crippen molar-refractivity contribution in [3.05, 3.63) is 107 Å². The highest BCUT2D eigenvalue weighted by atomic mass is 35.5. The van der Waals surface area contributed by atoms with E-state index in [0.717, 1.165) is 28.6 Å². The molecule has 0 aliphatic carbocycles. The van der Waals surface area contributed by atoms with Gasteiger partial charge in [0.25, 0.3) is 0 Å². The summed E-state index contributed by atoms with van der Waals surface area (Å²) in [4.78, 5) is 4.38. The summed E-state index contributed by atoms with van der Waals surface area (Å²) in [7, 11) is 2.01. The van der Waals surface area contributed by atoms with Crippen molar-refractivity contribution in [2.75, 3.05) is 0 Å². The highest BCUT2D eigenvalue weighted by molar-refractivity contribution is 6.30. The Morgan fingerprint density at radius 2 is 1.79 bits per heavy atom. The maximum atomic E-state index is 6.09. The summed E-state index contributed by atoms with van der Waals surface area (Å²) in [6, 6.07) is 22.7. The molecule has 0 unspecified atom stereocenters. The third-order valence-electron chi connectivity index (χ3n) is 5.04. The zero-order valence-electron chi connectivity index (χ0n) is 16.6. The predicted octanol–water partition coefficient (Wildman–Crippen LogP) is 6.22. The fraction of sp³-hybridized carbons (Fsp3) is 0.160. The second-order valence-corrected chi connectivity index (χ2v) is 7.66. The van der Waals surface area contributed by atoms with Crippen molar-refractivity contribution < 1.29 is 4.74 Å². The summed E-state index contributed by atoms with van der Waals surface area (Å²) in [6.45, 7) is 2.61. The average molecular weight is 403 g/mol. The fourth-order valence-electron chi connectivity index (χ4n) is 3.40. The van der Waals surface area contributed by atoms with Crippen LogP contribution in [0.15, 0.2) is 79.1 Å². The number of imidazole rings is 1. The third-order valence-corrected chi connectivity index (χ3v) is 5.27. The molecule has 3 aromatic carbocycles. The molecule has 29 heavy (non-hydrogen) atoms. The number of rotatable bonds is 6. The van der Waals surface area contributed by atoms with Crippen LogP contribution in [0.2, 0.25) is 5.02 Å². The number of aryl methyl sites for hydroxylation is 2. The van der Waals surface area contributed by atoms with E-state index in [4.69, 9.17) is 16.3 Å². The number of aromatic nitrogens is 2. The maximum Gasteiger partial charge on any atom is 0.119 e. The minimum absolute atomic E-state index is 0.527. The topological polar surface area (TPSA) is 27.1 Å². The first-order chi connectivity index (χ1) is 14.1. The van der Waals surface area contributed by atoms with E-state index < -0.39 is 0 Å². The monoisotopic (exact) mass is 402 g/mol. The molecule has 4 heteroatoms. The van der Waals surface area contributed by atoms with Crippen molar-refractivity contribution in [2.24, 2.45) is 7.05 Å². The first-order valence-corrected chi connectivity index (χ1v) is 10.00. The molecule has 4 aromatic rings. The van der Waals surface area contributed by atoms with Crippen molar-refractivity contribution in [2.45, 2.75) is 20.0 Å². The molecular formula is C25H23ClN2O. The number of halogens is 1.